The Hall–Kier alpha value is -4.16. The summed E-state index contributed by atoms with van der Waals surface area (Å²) < 4.78 is 27.7. The summed E-state index contributed by atoms with van der Waals surface area (Å²) in [7, 11) is 1.58. The molecule has 1 fully saturated rings. The molecule has 1 aliphatic rings. The average Bonchev–Trinajstić information content (AvgIpc) is 3.05. The number of aromatic nitrogens is 2. The second-order valence-electron chi connectivity index (χ2n) is 7.55. The molecule has 2 N–H and O–H groups in total. The number of carbonyl (C=O) groups is 2. The minimum atomic E-state index is -1.79. The number of halogens is 2. The minimum Gasteiger partial charge on any atom is -0.369 e. The van der Waals surface area contributed by atoms with Crippen LogP contribution >= 0.6 is 0 Å². The lowest BCUT2D eigenvalue weighted by molar-refractivity contribution is -0.137. The van der Waals surface area contributed by atoms with Crippen LogP contribution in [0.3, 0.4) is 0 Å². The van der Waals surface area contributed by atoms with Crippen LogP contribution in [-0.2, 0) is 4.79 Å². The van der Waals surface area contributed by atoms with E-state index in [-0.39, 0.29) is 23.4 Å². The van der Waals surface area contributed by atoms with Crippen molar-refractivity contribution in [3.05, 3.63) is 77.9 Å². The standard InChI is InChI=1S/C24H18F2N4O3/c1-30-9-7-24(33,23(30)32)6-4-15-2-3-19(16-11-17(25)13-18(26)12-16)21(10-15)29-22(31)20-5-8-27-14-28-20/h2-3,5,8,10-14,33H,7,9H2,1H3,(H,29,31)/t24-/m0/s1. The zero-order valence-electron chi connectivity index (χ0n) is 17.5. The van der Waals surface area contributed by atoms with Gasteiger partial charge in [-0.1, -0.05) is 17.9 Å². The van der Waals surface area contributed by atoms with E-state index in [4.69, 9.17) is 0 Å². The number of amides is 2. The number of rotatable bonds is 3. The molecule has 2 amide bonds. The lowest BCUT2D eigenvalue weighted by Gasteiger charge is -2.14. The van der Waals surface area contributed by atoms with E-state index in [0.29, 0.717) is 17.7 Å². The average molecular weight is 448 g/mol. The Kier molecular flexibility index (Phi) is 5.85. The van der Waals surface area contributed by atoms with Crippen LogP contribution in [0.4, 0.5) is 14.5 Å². The Balaban J connectivity index is 1.74. The predicted molar refractivity (Wildman–Crippen MR) is 116 cm³/mol. The summed E-state index contributed by atoms with van der Waals surface area (Å²) in [4.78, 5) is 33.9. The summed E-state index contributed by atoms with van der Waals surface area (Å²) in [5.41, 5.74) is -0.551. The molecule has 3 aromatic rings. The molecule has 1 saturated heterocycles. The number of aliphatic hydroxyl groups is 1. The second-order valence-corrected chi connectivity index (χ2v) is 7.55. The highest BCUT2D eigenvalue weighted by atomic mass is 19.1. The Morgan fingerprint density at radius 3 is 2.58 bits per heavy atom. The van der Waals surface area contributed by atoms with Crippen molar-refractivity contribution in [1.82, 2.24) is 14.9 Å². The van der Waals surface area contributed by atoms with Gasteiger partial charge in [-0.2, -0.15) is 0 Å². The normalized spacial score (nSPS) is 17.5. The van der Waals surface area contributed by atoms with Gasteiger partial charge in [0.15, 0.2) is 0 Å². The maximum atomic E-state index is 13.8. The topological polar surface area (TPSA) is 95.4 Å². The van der Waals surface area contributed by atoms with Crippen LogP contribution in [0.15, 0.2) is 55.0 Å². The SMILES string of the molecule is CN1CC[C@@](O)(C#Cc2ccc(-c3cc(F)cc(F)c3)c(NC(=O)c3ccncn3)c2)C1=O. The Morgan fingerprint density at radius 1 is 1.18 bits per heavy atom. The largest absolute Gasteiger partial charge is 0.369 e. The smallest absolute Gasteiger partial charge is 0.274 e. The Bertz CT molecular complexity index is 1280. The molecule has 1 atom stereocenters. The maximum Gasteiger partial charge on any atom is 0.274 e. The lowest BCUT2D eigenvalue weighted by Crippen LogP contribution is -2.37. The molecule has 0 radical (unpaired) electrons. The van der Waals surface area contributed by atoms with Gasteiger partial charge in [0, 0.05) is 43.4 Å². The first-order chi connectivity index (χ1) is 15.7. The van der Waals surface area contributed by atoms with Crippen LogP contribution in [-0.4, -0.2) is 51.0 Å². The minimum absolute atomic E-state index is 0.0896. The number of likely N-dealkylation sites (N-methyl/N-ethyl adjacent to an activating group) is 1. The Labute approximate surface area is 188 Å². The van der Waals surface area contributed by atoms with Gasteiger partial charge < -0.3 is 15.3 Å². The molecule has 33 heavy (non-hydrogen) atoms. The molecule has 0 spiro atoms. The van der Waals surface area contributed by atoms with Gasteiger partial charge >= 0.3 is 0 Å². The first kappa shape index (κ1) is 22.0. The number of nitrogens with one attached hydrogen (secondary N) is 1. The number of likely N-dealkylation sites (tertiary alicyclic amines) is 1. The van der Waals surface area contributed by atoms with Crippen LogP contribution in [0.5, 0.6) is 0 Å². The quantitative estimate of drug-likeness (QED) is 0.601. The third kappa shape index (κ3) is 4.71. The van der Waals surface area contributed by atoms with Crippen molar-refractivity contribution in [3.8, 4) is 23.0 Å². The van der Waals surface area contributed by atoms with Gasteiger partial charge in [-0.15, -0.1) is 0 Å². The number of benzene rings is 2. The molecular weight excluding hydrogens is 430 g/mol. The summed E-state index contributed by atoms with van der Waals surface area (Å²) in [6.45, 7) is 0.383. The van der Waals surface area contributed by atoms with Gasteiger partial charge in [-0.05, 0) is 35.9 Å². The first-order valence-electron chi connectivity index (χ1n) is 9.94. The van der Waals surface area contributed by atoms with Crippen molar-refractivity contribution in [2.24, 2.45) is 0 Å². The highest BCUT2D eigenvalue weighted by Gasteiger charge is 2.42. The Morgan fingerprint density at radius 2 is 1.94 bits per heavy atom. The van der Waals surface area contributed by atoms with E-state index in [0.717, 1.165) is 18.2 Å². The molecule has 166 valence electrons. The molecule has 0 unspecified atom stereocenters. The van der Waals surface area contributed by atoms with E-state index in [2.05, 4.69) is 27.1 Å². The van der Waals surface area contributed by atoms with Gasteiger partial charge in [-0.3, -0.25) is 9.59 Å². The molecule has 0 bridgehead atoms. The number of anilines is 1. The molecule has 0 saturated carbocycles. The highest BCUT2D eigenvalue weighted by molar-refractivity contribution is 6.05. The van der Waals surface area contributed by atoms with E-state index >= 15 is 0 Å². The van der Waals surface area contributed by atoms with Gasteiger partial charge in [0.25, 0.3) is 11.8 Å². The number of hydrogen-bond donors (Lipinski definition) is 2. The molecular formula is C24H18F2N4O3. The predicted octanol–water partition coefficient (Wildman–Crippen LogP) is 2.62. The van der Waals surface area contributed by atoms with Gasteiger partial charge in [0.05, 0.1) is 5.69 Å². The zero-order valence-corrected chi connectivity index (χ0v) is 17.5. The van der Waals surface area contributed by atoms with Gasteiger partial charge in [-0.25, -0.2) is 18.7 Å². The van der Waals surface area contributed by atoms with E-state index in [1.165, 1.54) is 29.6 Å². The molecule has 1 aromatic heterocycles. The van der Waals surface area contributed by atoms with Crippen molar-refractivity contribution in [3.63, 3.8) is 0 Å². The van der Waals surface area contributed by atoms with Crippen molar-refractivity contribution in [2.75, 3.05) is 18.9 Å². The van der Waals surface area contributed by atoms with E-state index in [1.54, 1.807) is 19.2 Å². The van der Waals surface area contributed by atoms with Crippen molar-refractivity contribution in [2.45, 2.75) is 12.0 Å². The molecule has 4 rings (SSSR count). The van der Waals surface area contributed by atoms with Crippen molar-refractivity contribution >= 4 is 17.5 Å². The van der Waals surface area contributed by atoms with Gasteiger partial charge in [0.1, 0.15) is 23.7 Å². The highest BCUT2D eigenvalue weighted by Crippen LogP contribution is 2.31. The monoisotopic (exact) mass is 448 g/mol. The summed E-state index contributed by atoms with van der Waals surface area (Å²) in [6.07, 6.45) is 2.80. The van der Waals surface area contributed by atoms with Crippen LogP contribution < -0.4 is 5.32 Å². The summed E-state index contributed by atoms with van der Waals surface area (Å²) >= 11 is 0. The van der Waals surface area contributed by atoms with Crippen LogP contribution in [0, 0.1) is 23.5 Å². The molecule has 2 aromatic carbocycles. The fraction of sp³-hybridized carbons (Fsp3) is 0.167. The first-order valence-corrected chi connectivity index (χ1v) is 9.94. The molecule has 1 aliphatic heterocycles. The summed E-state index contributed by atoms with van der Waals surface area (Å²) in [5.74, 6) is 2.77. The van der Waals surface area contributed by atoms with Crippen LogP contribution in [0.2, 0.25) is 0 Å². The fourth-order valence-electron chi connectivity index (χ4n) is 3.44. The third-order valence-corrected chi connectivity index (χ3v) is 5.18. The van der Waals surface area contributed by atoms with E-state index in [9.17, 15) is 23.5 Å². The third-order valence-electron chi connectivity index (χ3n) is 5.18. The van der Waals surface area contributed by atoms with Crippen molar-refractivity contribution in [1.29, 1.82) is 0 Å². The van der Waals surface area contributed by atoms with Crippen LogP contribution in [0.25, 0.3) is 11.1 Å². The molecule has 7 nitrogen and oxygen atoms in total. The summed E-state index contributed by atoms with van der Waals surface area (Å²) in [5, 5.41) is 13.2. The maximum absolute atomic E-state index is 13.8. The second kappa shape index (κ2) is 8.76. The summed E-state index contributed by atoms with van der Waals surface area (Å²) in [6, 6.07) is 9.05. The molecule has 2 heterocycles. The number of carbonyl (C=O) groups excluding carboxylic acids is 2. The van der Waals surface area contributed by atoms with Crippen LogP contribution in [0.1, 0.15) is 22.5 Å². The molecule has 9 heteroatoms. The molecule has 0 aliphatic carbocycles. The van der Waals surface area contributed by atoms with E-state index in [1.807, 2.05) is 0 Å². The fourth-order valence-corrected chi connectivity index (χ4v) is 3.44. The van der Waals surface area contributed by atoms with Crippen molar-refractivity contribution < 1.29 is 23.5 Å². The van der Waals surface area contributed by atoms with E-state index < -0.39 is 29.0 Å². The number of hydrogen-bond acceptors (Lipinski definition) is 5. The number of nitrogens with zero attached hydrogens (tertiary/aromatic N) is 3. The lowest BCUT2D eigenvalue weighted by atomic mass is 9.99. The zero-order chi connectivity index (χ0) is 23.6. The van der Waals surface area contributed by atoms with Gasteiger partial charge in [0.2, 0.25) is 5.60 Å².